The zero-order valence-electron chi connectivity index (χ0n) is 16.9. The van der Waals surface area contributed by atoms with Crippen LogP contribution in [-0.2, 0) is 21.7 Å². The van der Waals surface area contributed by atoms with Gasteiger partial charge in [0.15, 0.2) is 9.84 Å². The highest BCUT2D eigenvalue weighted by molar-refractivity contribution is 7.92. The van der Waals surface area contributed by atoms with E-state index in [0.29, 0.717) is 17.4 Å². The number of benzene rings is 1. The van der Waals surface area contributed by atoms with E-state index in [1.807, 2.05) is 0 Å². The molecule has 2 fully saturated rings. The third-order valence-electron chi connectivity index (χ3n) is 6.74. The van der Waals surface area contributed by atoms with Crippen molar-refractivity contribution in [2.24, 2.45) is 11.3 Å². The molecule has 0 saturated carbocycles. The Morgan fingerprint density at radius 1 is 1.12 bits per heavy atom. The molecule has 0 bridgehead atoms. The van der Waals surface area contributed by atoms with Crippen LogP contribution in [0.2, 0.25) is 0 Å². The zero-order chi connectivity index (χ0) is 19.0. The van der Waals surface area contributed by atoms with Crippen molar-refractivity contribution in [1.82, 2.24) is 4.90 Å². The minimum atomic E-state index is -2.71. The highest BCUT2D eigenvalue weighted by Gasteiger charge is 2.49. The van der Waals surface area contributed by atoms with Crippen LogP contribution in [0.1, 0.15) is 58.1 Å². The Morgan fingerprint density at radius 3 is 2.19 bits per heavy atom. The van der Waals surface area contributed by atoms with Gasteiger partial charge in [-0.25, -0.2) is 8.42 Å². The third kappa shape index (κ3) is 4.51. The van der Waals surface area contributed by atoms with Gasteiger partial charge in [-0.1, -0.05) is 52.0 Å². The fourth-order valence-corrected chi connectivity index (χ4v) is 6.95. The molecule has 26 heavy (non-hydrogen) atoms. The number of sulfone groups is 1. The second kappa shape index (κ2) is 7.27. The van der Waals surface area contributed by atoms with Crippen LogP contribution in [0.25, 0.3) is 0 Å². The van der Waals surface area contributed by atoms with Gasteiger partial charge in [-0.3, -0.25) is 0 Å². The molecule has 2 aliphatic heterocycles. The summed E-state index contributed by atoms with van der Waals surface area (Å²) in [5, 5.41) is 0. The predicted octanol–water partition coefficient (Wildman–Crippen LogP) is 4.06. The van der Waals surface area contributed by atoms with Crippen LogP contribution < -0.4 is 0 Å². The first-order valence-electron chi connectivity index (χ1n) is 10.2. The molecule has 1 spiro atoms. The second-order valence-electron chi connectivity index (χ2n) is 9.58. The van der Waals surface area contributed by atoms with Gasteiger partial charge in [0.05, 0.1) is 11.5 Å². The number of nitrogens with zero attached hydrogens (tertiary/aromatic N) is 1. The molecule has 0 amide bonds. The van der Waals surface area contributed by atoms with Crippen molar-refractivity contribution in [2.45, 2.75) is 58.8 Å². The monoisotopic (exact) mass is 377 g/mol. The highest BCUT2D eigenvalue weighted by Crippen LogP contribution is 2.42. The first kappa shape index (κ1) is 19.9. The average Bonchev–Trinajstić information content (AvgIpc) is 2.56. The van der Waals surface area contributed by atoms with Crippen LogP contribution >= 0.6 is 0 Å². The normalized spacial score (nSPS) is 23.5. The molecule has 3 nitrogen and oxygen atoms in total. The molecule has 0 N–H and O–H groups in total. The molecule has 3 rings (SSSR count). The van der Waals surface area contributed by atoms with Gasteiger partial charge in [-0.15, -0.1) is 0 Å². The highest BCUT2D eigenvalue weighted by atomic mass is 32.2. The van der Waals surface area contributed by atoms with Crippen molar-refractivity contribution < 1.29 is 8.42 Å². The summed E-state index contributed by atoms with van der Waals surface area (Å²) >= 11 is 0. The van der Waals surface area contributed by atoms with Crippen LogP contribution in [0.15, 0.2) is 24.3 Å². The minimum absolute atomic E-state index is 0.125. The van der Waals surface area contributed by atoms with Crippen LogP contribution in [0, 0.1) is 11.3 Å². The summed E-state index contributed by atoms with van der Waals surface area (Å²) in [6.07, 6.45) is 4.38. The van der Waals surface area contributed by atoms with E-state index in [1.54, 1.807) is 0 Å². The Balaban J connectivity index is 1.47. The summed E-state index contributed by atoms with van der Waals surface area (Å²) in [4.78, 5) is 2.54. The van der Waals surface area contributed by atoms with E-state index >= 15 is 0 Å². The largest absolute Gasteiger partial charge is 0.303 e. The molecule has 4 heteroatoms. The van der Waals surface area contributed by atoms with E-state index in [9.17, 15) is 8.42 Å². The Bertz CT molecular complexity index is 699. The van der Waals surface area contributed by atoms with Gasteiger partial charge < -0.3 is 4.90 Å². The average molecular weight is 378 g/mol. The van der Waals surface area contributed by atoms with Gasteiger partial charge >= 0.3 is 0 Å². The molecule has 1 aromatic rings. The molecule has 2 saturated heterocycles. The van der Waals surface area contributed by atoms with Gasteiger partial charge in [-0.2, -0.15) is 0 Å². The van der Waals surface area contributed by atoms with Crippen molar-refractivity contribution in [3.05, 3.63) is 35.4 Å². The minimum Gasteiger partial charge on any atom is -0.303 e. The van der Waals surface area contributed by atoms with Gasteiger partial charge in [-0.05, 0) is 61.2 Å². The lowest BCUT2D eigenvalue weighted by Crippen LogP contribution is -2.55. The van der Waals surface area contributed by atoms with Crippen molar-refractivity contribution in [3.8, 4) is 0 Å². The molecule has 0 aliphatic carbocycles. The molecular formula is C22H35NO2S. The van der Waals surface area contributed by atoms with Crippen LogP contribution in [0.3, 0.4) is 0 Å². The Hall–Kier alpha value is -0.870. The summed E-state index contributed by atoms with van der Waals surface area (Å²) in [6.45, 7) is 12.4. The summed E-state index contributed by atoms with van der Waals surface area (Å²) in [6, 6.07) is 9.20. The summed E-state index contributed by atoms with van der Waals surface area (Å²) in [5.74, 6) is 1.49. The lowest BCUT2D eigenvalue weighted by Gasteiger charge is -2.47. The van der Waals surface area contributed by atoms with Crippen molar-refractivity contribution in [3.63, 3.8) is 0 Å². The number of hydrogen-bond donors (Lipinski definition) is 0. The van der Waals surface area contributed by atoms with Gasteiger partial charge in [0, 0.05) is 12.0 Å². The maximum Gasteiger partial charge on any atom is 0.151 e. The fraction of sp³-hybridized carbons (Fsp3) is 0.727. The zero-order valence-corrected chi connectivity index (χ0v) is 17.7. The smallest absolute Gasteiger partial charge is 0.151 e. The molecule has 0 radical (unpaired) electrons. The van der Waals surface area contributed by atoms with E-state index in [1.165, 1.54) is 11.1 Å². The summed E-state index contributed by atoms with van der Waals surface area (Å²) < 4.78 is 23.0. The van der Waals surface area contributed by atoms with E-state index < -0.39 is 9.84 Å². The van der Waals surface area contributed by atoms with Crippen LogP contribution in [0.4, 0.5) is 0 Å². The number of hydrogen-bond acceptors (Lipinski definition) is 3. The molecule has 2 heterocycles. The topological polar surface area (TPSA) is 37.4 Å². The molecule has 146 valence electrons. The molecule has 2 aliphatic rings. The van der Waals surface area contributed by atoms with Gasteiger partial charge in [0.1, 0.15) is 0 Å². The van der Waals surface area contributed by atoms with Gasteiger partial charge in [0.2, 0.25) is 0 Å². The fourth-order valence-electron chi connectivity index (χ4n) is 4.59. The molecule has 1 atom stereocenters. The van der Waals surface area contributed by atoms with E-state index in [2.05, 4.69) is 56.9 Å². The van der Waals surface area contributed by atoms with E-state index in [0.717, 1.165) is 45.3 Å². The van der Waals surface area contributed by atoms with Gasteiger partial charge in [0.25, 0.3) is 0 Å². The Kier molecular flexibility index (Phi) is 5.56. The molecular weight excluding hydrogens is 342 g/mol. The first-order chi connectivity index (χ1) is 12.1. The molecule has 0 aromatic heterocycles. The van der Waals surface area contributed by atoms with Crippen molar-refractivity contribution >= 4 is 9.84 Å². The Morgan fingerprint density at radius 2 is 1.69 bits per heavy atom. The quantitative estimate of drug-likeness (QED) is 0.750. The summed E-state index contributed by atoms with van der Waals surface area (Å²) in [7, 11) is -2.71. The predicted molar refractivity (Wildman–Crippen MR) is 109 cm³/mol. The van der Waals surface area contributed by atoms with Crippen molar-refractivity contribution in [2.75, 3.05) is 31.1 Å². The van der Waals surface area contributed by atoms with Crippen LogP contribution in [0.5, 0.6) is 0 Å². The lowest BCUT2D eigenvalue weighted by atomic mass is 9.81. The number of likely N-dealkylation sites (tertiary alicyclic amines) is 1. The number of rotatable bonds is 6. The first-order valence-corrected chi connectivity index (χ1v) is 12.0. The maximum absolute atomic E-state index is 11.5. The molecule has 0 unspecified atom stereocenters. The third-order valence-corrected chi connectivity index (χ3v) is 8.85. The molecule has 1 aromatic carbocycles. The maximum atomic E-state index is 11.5. The van der Waals surface area contributed by atoms with Crippen LogP contribution in [-0.4, -0.2) is 44.5 Å². The number of piperidine rings is 1. The summed E-state index contributed by atoms with van der Waals surface area (Å²) in [5.41, 5.74) is 3.23. The SMILES string of the molecule is CCC(C)(C)c1ccc(C[C@H](C)CN2CCC3(CC2)CS(=O)(=O)C3)cc1. The van der Waals surface area contributed by atoms with Crippen molar-refractivity contribution in [1.29, 1.82) is 0 Å². The Labute approximate surface area is 160 Å². The van der Waals surface area contributed by atoms with E-state index in [-0.39, 0.29) is 10.8 Å². The standard InChI is InChI=1S/C22H35NO2S/c1-5-21(3,4)20-8-6-19(7-9-20)14-18(2)15-23-12-10-22(11-13-23)16-26(24,25)17-22/h6-9,18H,5,10-17H2,1-4H3/t18-/m0/s1. The van der Waals surface area contributed by atoms with E-state index in [4.69, 9.17) is 0 Å². The lowest BCUT2D eigenvalue weighted by molar-refractivity contribution is 0.113. The second-order valence-corrected chi connectivity index (χ2v) is 11.6.